The molecule has 0 radical (unpaired) electrons. The van der Waals surface area contributed by atoms with E-state index in [1.54, 1.807) is 0 Å². The highest BCUT2D eigenvalue weighted by Gasteiger charge is 2.28. The zero-order valence-electron chi connectivity index (χ0n) is 17.2. The van der Waals surface area contributed by atoms with E-state index >= 15 is 0 Å². The second-order valence-electron chi connectivity index (χ2n) is 7.26. The second kappa shape index (κ2) is 9.30. The molecule has 0 amide bonds. The molecule has 2 N–H and O–H groups in total. The monoisotopic (exact) mass is 419 g/mol. The highest BCUT2D eigenvalue weighted by atomic mass is 32.2. The third-order valence-electron chi connectivity index (χ3n) is 4.74. The molecule has 1 aromatic carbocycles. The van der Waals surface area contributed by atoms with Crippen molar-refractivity contribution >= 4 is 21.7 Å². The Balaban J connectivity index is 1.57. The van der Waals surface area contributed by atoms with Crippen LogP contribution in [0.1, 0.15) is 43.7 Å². The van der Waals surface area contributed by atoms with Gasteiger partial charge in [0.05, 0.1) is 17.1 Å². The molecule has 2 aromatic rings. The van der Waals surface area contributed by atoms with E-state index in [0.29, 0.717) is 37.3 Å². The summed E-state index contributed by atoms with van der Waals surface area (Å²) >= 11 is 0. The van der Waals surface area contributed by atoms with E-state index < -0.39 is 10.0 Å². The molecule has 0 aliphatic carbocycles. The van der Waals surface area contributed by atoms with Crippen LogP contribution < -0.4 is 14.9 Å². The average Bonchev–Trinajstić information content (AvgIpc) is 3.33. The van der Waals surface area contributed by atoms with Crippen molar-refractivity contribution in [1.29, 1.82) is 0 Å². The van der Waals surface area contributed by atoms with Gasteiger partial charge in [-0.2, -0.15) is 0 Å². The van der Waals surface area contributed by atoms with Crippen LogP contribution in [0, 0.1) is 0 Å². The van der Waals surface area contributed by atoms with E-state index in [2.05, 4.69) is 34.6 Å². The molecule has 1 aliphatic heterocycles. The Hall–Kier alpha value is -2.55. The van der Waals surface area contributed by atoms with Crippen LogP contribution in [0.15, 0.2) is 39.8 Å². The van der Waals surface area contributed by atoms with Crippen molar-refractivity contribution in [2.24, 2.45) is 4.99 Å². The summed E-state index contributed by atoms with van der Waals surface area (Å²) < 4.78 is 32.4. The Bertz CT molecular complexity index is 953. The van der Waals surface area contributed by atoms with Crippen LogP contribution in [0.5, 0.6) is 0 Å². The van der Waals surface area contributed by atoms with Crippen LogP contribution in [-0.2, 0) is 23.0 Å². The third kappa shape index (κ3) is 5.29. The van der Waals surface area contributed by atoms with Gasteiger partial charge in [-0.15, -0.1) is 0 Å². The summed E-state index contributed by atoms with van der Waals surface area (Å²) in [6.45, 7) is 7.83. The molecule has 2 heterocycles. The summed E-state index contributed by atoms with van der Waals surface area (Å²) in [5.41, 5.74) is 2.76. The van der Waals surface area contributed by atoms with Crippen molar-refractivity contribution in [3.63, 3.8) is 0 Å². The van der Waals surface area contributed by atoms with Gasteiger partial charge in [0.1, 0.15) is 6.54 Å². The number of nitrogens with one attached hydrogen (secondary N) is 2. The number of aromatic nitrogens is 1. The summed E-state index contributed by atoms with van der Waals surface area (Å²) in [5.74, 6) is 1.51. The zero-order chi connectivity index (χ0) is 20.9. The van der Waals surface area contributed by atoms with E-state index in [-0.39, 0.29) is 12.3 Å². The molecule has 8 nitrogen and oxygen atoms in total. The van der Waals surface area contributed by atoms with E-state index in [4.69, 9.17) is 4.52 Å². The lowest BCUT2D eigenvalue weighted by atomic mass is 10.1. The third-order valence-corrected chi connectivity index (χ3v) is 6.51. The number of hydrogen-bond acceptors (Lipinski definition) is 5. The van der Waals surface area contributed by atoms with Gasteiger partial charge < -0.3 is 15.2 Å². The van der Waals surface area contributed by atoms with Crippen LogP contribution in [-0.4, -0.2) is 44.9 Å². The molecule has 0 fully saturated rings. The van der Waals surface area contributed by atoms with Gasteiger partial charge in [0.15, 0.2) is 11.7 Å². The lowest BCUT2D eigenvalue weighted by molar-refractivity contribution is 0.376. The first-order valence-electron chi connectivity index (χ1n) is 9.96. The number of sulfonamides is 1. The first kappa shape index (κ1) is 21.2. The van der Waals surface area contributed by atoms with Gasteiger partial charge >= 0.3 is 0 Å². The fraction of sp³-hybridized carbons (Fsp3) is 0.500. The highest BCUT2D eigenvalue weighted by Crippen LogP contribution is 2.29. The van der Waals surface area contributed by atoms with E-state index in [9.17, 15) is 8.42 Å². The topological polar surface area (TPSA) is 99.8 Å². The number of guanidine groups is 1. The van der Waals surface area contributed by atoms with Crippen molar-refractivity contribution in [2.75, 3.05) is 29.7 Å². The first-order valence-corrected chi connectivity index (χ1v) is 11.6. The van der Waals surface area contributed by atoms with Crippen molar-refractivity contribution in [3.8, 4) is 0 Å². The van der Waals surface area contributed by atoms with Crippen molar-refractivity contribution < 1.29 is 12.9 Å². The number of nitrogens with zero attached hydrogens (tertiary/aromatic N) is 3. The summed E-state index contributed by atoms with van der Waals surface area (Å²) in [5, 5.41) is 10.2. The smallest absolute Gasteiger partial charge is 0.236 e. The van der Waals surface area contributed by atoms with Crippen LogP contribution in [0.4, 0.5) is 5.69 Å². The van der Waals surface area contributed by atoms with E-state index in [1.807, 2.05) is 37.3 Å². The summed E-state index contributed by atoms with van der Waals surface area (Å²) in [6, 6.07) is 9.55. The maximum atomic E-state index is 12.8. The Morgan fingerprint density at radius 2 is 2.10 bits per heavy atom. The molecule has 0 bridgehead atoms. The maximum Gasteiger partial charge on any atom is 0.236 e. The van der Waals surface area contributed by atoms with E-state index in [1.165, 1.54) is 4.31 Å². The van der Waals surface area contributed by atoms with Gasteiger partial charge in [-0.05, 0) is 30.9 Å². The van der Waals surface area contributed by atoms with Crippen LogP contribution in [0.3, 0.4) is 0 Å². The minimum absolute atomic E-state index is 0.00838. The molecule has 0 atom stereocenters. The van der Waals surface area contributed by atoms with Gasteiger partial charge in [0, 0.05) is 25.7 Å². The first-order chi connectivity index (χ1) is 13.9. The predicted molar refractivity (Wildman–Crippen MR) is 115 cm³/mol. The Kier molecular flexibility index (Phi) is 6.79. The fourth-order valence-electron chi connectivity index (χ4n) is 3.18. The lowest BCUT2D eigenvalue weighted by Crippen LogP contribution is -2.42. The largest absolute Gasteiger partial charge is 0.359 e. The second-order valence-corrected chi connectivity index (χ2v) is 9.27. The molecule has 1 aromatic heterocycles. The van der Waals surface area contributed by atoms with Gasteiger partial charge in [0.25, 0.3) is 0 Å². The van der Waals surface area contributed by atoms with Crippen LogP contribution in [0.2, 0.25) is 0 Å². The molecule has 158 valence electrons. The highest BCUT2D eigenvalue weighted by molar-refractivity contribution is 7.92. The van der Waals surface area contributed by atoms with Crippen LogP contribution in [0.25, 0.3) is 0 Å². The molecule has 9 heteroatoms. The van der Waals surface area contributed by atoms with Crippen molar-refractivity contribution in [2.45, 2.75) is 39.7 Å². The number of benzene rings is 1. The number of aliphatic imine (C=N–C) groups is 1. The van der Waals surface area contributed by atoms with Crippen molar-refractivity contribution in [3.05, 3.63) is 47.3 Å². The Morgan fingerprint density at radius 3 is 2.83 bits per heavy atom. The predicted octanol–water partition coefficient (Wildman–Crippen LogP) is 2.25. The van der Waals surface area contributed by atoms with E-state index in [0.717, 1.165) is 23.4 Å². The number of anilines is 1. The molecule has 0 spiro atoms. The standard InChI is InChI=1S/C20H29N5O3S/c1-4-21-20(23-14-17-13-18(15(2)3)24-28-17)22-10-12-29(26,27)25-11-9-16-7-5-6-8-19(16)25/h5-8,13,15H,4,9-12,14H2,1-3H3,(H2,21,22,23). The quantitative estimate of drug-likeness (QED) is 0.503. The number of fused-ring (bicyclic) bond motifs is 1. The normalized spacial score (nSPS) is 14.3. The summed E-state index contributed by atoms with van der Waals surface area (Å²) in [6.07, 6.45) is 0.752. The molecule has 1 aliphatic rings. The zero-order valence-corrected chi connectivity index (χ0v) is 18.0. The fourth-order valence-corrected chi connectivity index (χ4v) is 4.61. The average molecular weight is 420 g/mol. The lowest BCUT2D eigenvalue weighted by Gasteiger charge is -2.20. The SMILES string of the molecule is CCNC(=NCc1cc(C(C)C)no1)NCCS(=O)(=O)N1CCc2ccccc21. The molecule has 0 saturated carbocycles. The van der Waals surface area contributed by atoms with Gasteiger partial charge in [-0.1, -0.05) is 37.2 Å². The molecule has 3 rings (SSSR count). The number of para-hydroxylation sites is 1. The maximum absolute atomic E-state index is 12.8. The molecule has 0 unspecified atom stereocenters. The van der Waals surface area contributed by atoms with Crippen molar-refractivity contribution in [1.82, 2.24) is 15.8 Å². The molecule has 29 heavy (non-hydrogen) atoms. The van der Waals surface area contributed by atoms with Crippen LogP contribution >= 0.6 is 0 Å². The summed E-state index contributed by atoms with van der Waals surface area (Å²) in [7, 11) is -3.40. The number of rotatable bonds is 8. The molecular formula is C20H29N5O3S. The summed E-state index contributed by atoms with van der Waals surface area (Å²) in [4.78, 5) is 4.46. The Morgan fingerprint density at radius 1 is 1.31 bits per heavy atom. The minimum atomic E-state index is -3.40. The van der Waals surface area contributed by atoms with Gasteiger partial charge in [-0.3, -0.25) is 4.31 Å². The van der Waals surface area contributed by atoms with Gasteiger partial charge in [0.2, 0.25) is 10.0 Å². The minimum Gasteiger partial charge on any atom is -0.359 e. The number of hydrogen-bond donors (Lipinski definition) is 2. The molecule has 0 saturated heterocycles. The van der Waals surface area contributed by atoms with Gasteiger partial charge in [-0.25, -0.2) is 13.4 Å². The molecular weight excluding hydrogens is 390 g/mol. The Labute approximate surface area is 172 Å².